The summed E-state index contributed by atoms with van der Waals surface area (Å²) in [5.74, 6) is 0.0841. The number of hydrogen-bond acceptors (Lipinski definition) is 4. The average molecular weight is 365 g/mol. The van der Waals surface area contributed by atoms with Gasteiger partial charge in [-0.3, -0.25) is 14.0 Å². The largest absolute Gasteiger partial charge is 0.312 e. The van der Waals surface area contributed by atoms with Crippen LogP contribution in [0.5, 0.6) is 0 Å². The number of fused-ring (bicyclic) bond motifs is 1. The molecule has 5 nitrogen and oxygen atoms in total. The monoisotopic (exact) mass is 365 g/mol. The molecule has 26 heavy (non-hydrogen) atoms. The minimum Gasteiger partial charge on any atom is -0.312 e. The molecule has 132 valence electrons. The average Bonchev–Trinajstić information content (AvgIpc) is 3.27. The number of allylic oxidation sites excluding steroid dienone is 1. The molecule has 1 aromatic carbocycles. The number of carbonyl (C=O) groups excluding carboxylic acids is 2. The highest BCUT2D eigenvalue weighted by Crippen LogP contribution is 2.23. The molecule has 1 aliphatic heterocycles. The van der Waals surface area contributed by atoms with Crippen molar-refractivity contribution >= 4 is 39.8 Å². The van der Waals surface area contributed by atoms with Crippen LogP contribution in [-0.4, -0.2) is 27.6 Å². The minimum absolute atomic E-state index is 0.0643. The van der Waals surface area contributed by atoms with Crippen LogP contribution in [0, 0.1) is 13.8 Å². The number of aryl methyl sites for hydroxylation is 2. The second kappa shape index (κ2) is 6.53. The Kier molecular flexibility index (Phi) is 4.20. The third kappa shape index (κ3) is 2.97. The van der Waals surface area contributed by atoms with Crippen LogP contribution in [0.15, 0.2) is 36.5 Å². The lowest BCUT2D eigenvalue weighted by Crippen LogP contribution is -2.23. The fourth-order valence-electron chi connectivity index (χ4n) is 3.26. The summed E-state index contributed by atoms with van der Waals surface area (Å²) in [6, 6.07) is 7.24. The van der Waals surface area contributed by atoms with Gasteiger partial charge in [0.05, 0.1) is 11.4 Å². The molecule has 3 aromatic rings. The van der Waals surface area contributed by atoms with Crippen LogP contribution >= 0.6 is 11.3 Å². The zero-order valence-electron chi connectivity index (χ0n) is 14.7. The maximum atomic E-state index is 12.5. The molecule has 1 fully saturated rings. The van der Waals surface area contributed by atoms with Crippen LogP contribution in [0.1, 0.15) is 39.5 Å². The van der Waals surface area contributed by atoms with Gasteiger partial charge in [-0.1, -0.05) is 0 Å². The van der Waals surface area contributed by atoms with Gasteiger partial charge >= 0.3 is 0 Å². The fraction of sp³-hybridized carbons (Fsp3) is 0.250. The highest BCUT2D eigenvalue weighted by molar-refractivity contribution is 7.17. The first-order valence-corrected chi connectivity index (χ1v) is 9.42. The van der Waals surface area contributed by atoms with Crippen LogP contribution < -0.4 is 4.90 Å². The maximum absolute atomic E-state index is 12.5. The molecular weight excluding hydrogens is 346 g/mol. The van der Waals surface area contributed by atoms with Crippen molar-refractivity contribution in [1.29, 1.82) is 0 Å². The standard InChI is InChI=1S/C20H19N3O2S/c1-13-12-23-17(14(2)21-20(23)26-13)9-10-18(24)15-5-7-16(8-6-15)22-11-3-4-19(22)25/h5-10,12H,3-4,11H2,1-2H3/b10-9+. The molecule has 1 amide bonds. The Morgan fingerprint density at radius 1 is 1.23 bits per heavy atom. The van der Waals surface area contributed by atoms with Gasteiger partial charge in [0.1, 0.15) is 0 Å². The van der Waals surface area contributed by atoms with E-state index in [1.807, 2.05) is 42.7 Å². The van der Waals surface area contributed by atoms with Crippen molar-refractivity contribution < 1.29 is 9.59 Å². The number of benzene rings is 1. The molecule has 4 rings (SSSR count). The van der Waals surface area contributed by atoms with Crippen molar-refractivity contribution in [3.8, 4) is 0 Å². The zero-order chi connectivity index (χ0) is 18.3. The Morgan fingerprint density at radius 2 is 2.00 bits per heavy atom. The molecule has 0 saturated carbocycles. The lowest BCUT2D eigenvalue weighted by molar-refractivity contribution is -0.117. The summed E-state index contributed by atoms with van der Waals surface area (Å²) in [5, 5.41) is 0. The molecule has 0 radical (unpaired) electrons. The lowest BCUT2D eigenvalue weighted by Gasteiger charge is -2.15. The lowest BCUT2D eigenvalue weighted by atomic mass is 10.1. The van der Waals surface area contributed by atoms with Crippen molar-refractivity contribution in [3.63, 3.8) is 0 Å². The van der Waals surface area contributed by atoms with Gasteiger partial charge in [0.2, 0.25) is 5.91 Å². The van der Waals surface area contributed by atoms with Gasteiger partial charge in [0.15, 0.2) is 10.7 Å². The van der Waals surface area contributed by atoms with Crippen molar-refractivity contribution in [2.24, 2.45) is 0 Å². The Hall–Kier alpha value is -2.73. The Labute approximate surface area is 155 Å². The molecule has 2 aromatic heterocycles. The first-order valence-electron chi connectivity index (χ1n) is 8.61. The number of hydrogen-bond donors (Lipinski definition) is 0. The van der Waals surface area contributed by atoms with E-state index in [9.17, 15) is 9.59 Å². The summed E-state index contributed by atoms with van der Waals surface area (Å²) in [6.45, 7) is 4.74. The second-order valence-corrected chi connectivity index (χ2v) is 7.68. The van der Waals surface area contributed by atoms with Crippen molar-refractivity contribution in [3.05, 3.63) is 58.4 Å². The topological polar surface area (TPSA) is 54.7 Å². The van der Waals surface area contributed by atoms with Crippen LogP contribution in [0.4, 0.5) is 5.69 Å². The van der Waals surface area contributed by atoms with Crippen molar-refractivity contribution in [1.82, 2.24) is 9.38 Å². The highest BCUT2D eigenvalue weighted by Gasteiger charge is 2.21. The molecular formula is C20H19N3O2S. The van der Waals surface area contributed by atoms with Gasteiger partial charge < -0.3 is 4.90 Å². The Balaban J connectivity index is 1.54. The van der Waals surface area contributed by atoms with Gasteiger partial charge in [0, 0.05) is 35.3 Å². The smallest absolute Gasteiger partial charge is 0.227 e. The fourth-order valence-corrected chi connectivity index (χ4v) is 4.14. The summed E-state index contributed by atoms with van der Waals surface area (Å²) in [4.78, 5) is 32.7. The van der Waals surface area contributed by atoms with Crippen LogP contribution in [0.3, 0.4) is 0 Å². The number of carbonyl (C=O) groups is 2. The zero-order valence-corrected chi connectivity index (χ0v) is 15.5. The second-order valence-electron chi connectivity index (χ2n) is 6.47. The first-order chi connectivity index (χ1) is 12.5. The molecule has 1 aliphatic rings. The summed E-state index contributed by atoms with van der Waals surface area (Å²) in [7, 11) is 0. The van der Waals surface area contributed by atoms with Gasteiger partial charge in [-0.15, -0.1) is 11.3 Å². The number of rotatable bonds is 4. The van der Waals surface area contributed by atoms with E-state index in [0.717, 1.165) is 35.0 Å². The summed E-state index contributed by atoms with van der Waals surface area (Å²) in [6.07, 6.45) is 6.93. The molecule has 1 saturated heterocycles. The predicted molar refractivity (Wildman–Crippen MR) is 104 cm³/mol. The number of thiazole rings is 1. The van der Waals surface area contributed by atoms with Gasteiger partial charge in [-0.25, -0.2) is 4.98 Å². The molecule has 0 bridgehead atoms. The third-order valence-electron chi connectivity index (χ3n) is 4.59. The third-order valence-corrected chi connectivity index (χ3v) is 5.49. The summed E-state index contributed by atoms with van der Waals surface area (Å²) in [5.41, 5.74) is 3.30. The SMILES string of the molecule is Cc1cn2c(/C=C/C(=O)c3ccc(N4CCCC4=O)cc3)c(C)nc2s1. The molecule has 3 heterocycles. The molecule has 0 spiro atoms. The number of nitrogens with zero attached hydrogens (tertiary/aromatic N) is 3. The van der Waals surface area contributed by atoms with Crippen LogP contribution in [0.2, 0.25) is 0 Å². The van der Waals surface area contributed by atoms with E-state index in [1.54, 1.807) is 34.4 Å². The Bertz CT molecular complexity index is 1030. The van der Waals surface area contributed by atoms with Gasteiger partial charge in [0.25, 0.3) is 0 Å². The van der Waals surface area contributed by atoms with E-state index in [0.29, 0.717) is 12.0 Å². The van der Waals surface area contributed by atoms with Crippen molar-refractivity contribution in [2.75, 3.05) is 11.4 Å². The molecule has 0 atom stereocenters. The molecule has 0 N–H and O–H groups in total. The minimum atomic E-state index is -0.0643. The van der Waals surface area contributed by atoms with E-state index in [2.05, 4.69) is 4.98 Å². The highest BCUT2D eigenvalue weighted by atomic mass is 32.1. The molecule has 0 unspecified atom stereocenters. The van der Waals surface area contributed by atoms with E-state index < -0.39 is 0 Å². The van der Waals surface area contributed by atoms with Crippen LogP contribution in [-0.2, 0) is 4.79 Å². The summed E-state index contributed by atoms with van der Waals surface area (Å²) < 4.78 is 2.02. The quantitative estimate of drug-likeness (QED) is 0.518. The van der Waals surface area contributed by atoms with Crippen molar-refractivity contribution in [2.45, 2.75) is 26.7 Å². The number of anilines is 1. The van der Waals surface area contributed by atoms with E-state index in [1.165, 1.54) is 4.88 Å². The molecule has 0 aliphatic carbocycles. The molecule has 6 heteroatoms. The van der Waals surface area contributed by atoms with E-state index in [-0.39, 0.29) is 11.7 Å². The summed E-state index contributed by atoms with van der Waals surface area (Å²) >= 11 is 1.63. The van der Waals surface area contributed by atoms with Gasteiger partial charge in [-0.05, 0) is 56.7 Å². The number of aromatic nitrogens is 2. The number of ketones is 1. The first kappa shape index (κ1) is 16.7. The predicted octanol–water partition coefficient (Wildman–Crippen LogP) is 4.04. The Morgan fingerprint density at radius 3 is 2.69 bits per heavy atom. The normalized spacial score (nSPS) is 14.8. The van der Waals surface area contributed by atoms with E-state index in [4.69, 9.17) is 0 Å². The number of imidazole rings is 1. The van der Waals surface area contributed by atoms with E-state index >= 15 is 0 Å². The van der Waals surface area contributed by atoms with Gasteiger partial charge in [-0.2, -0.15) is 0 Å². The van der Waals surface area contributed by atoms with Crippen LogP contribution in [0.25, 0.3) is 11.0 Å². The number of amides is 1. The maximum Gasteiger partial charge on any atom is 0.227 e.